The van der Waals surface area contributed by atoms with Crippen molar-refractivity contribution in [1.29, 1.82) is 0 Å². The molecule has 1 saturated heterocycles. The van der Waals surface area contributed by atoms with Crippen LogP contribution in [0.2, 0.25) is 0 Å². The normalized spacial score (nSPS) is 20.1. The molecule has 1 aliphatic heterocycles. The lowest BCUT2D eigenvalue weighted by Crippen LogP contribution is -2.42. The van der Waals surface area contributed by atoms with E-state index in [0.717, 1.165) is 57.8 Å². The highest BCUT2D eigenvalue weighted by atomic mass is 16.2. The second kappa shape index (κ2) is 10.6. The van der Waals surface area contributed by atoms with Crippen LogP contribution in [0, 0.1) is 11.8 Å². The van der Waals surface area contributed by atoms with E-state index in [1.54, 1.807) is 0 Å². The van der Waals surface area contributed by atoms with Gasteiger partial charge in [0.15, 0.2) is 0 Å². The minimum atomic E-state index is 0.0291. The SMILES string of the molecule is C=CCCCC(C)CC(CC(C)C=O)N1CCCCCC1=O. The van der Waals surface area contributed by atoms with E-state index in [0.29, 0.717) is 18.2 Å². The van der Waals surface area contributed by atoms with Gasteiger partial charge in [-0.15, -0.1) is 6.58 Å². The van der Waals surface area contributed by atoms with Crippen LogP contribution in [0.5, 0.6) is 0 Å². The lowest BCUT2D eigenvalue weighted by atomic mass is 9.90. The summed E-state index contributed by atoms with van der Waals surface area (Å²) in [6.07, 6.45) is 12.1. The molecule has 0 aliphatic carbocycles. The molecule has 1 amide bonds. The Kier molecular flexibility index (Phi) is 9.10. The molecule has 0 aromatic carbocycles. The van der Waals surface area contributed by atoms with Crippen molar-refractivity contribution in [3.8, 4) is 0 Å². The quantitative estimate of drug-likeness (QED) is 0.341. The van der Waals surface area contributed by atoms with Crippen LogP contribution < -0.4 is 0 Å². The number of unbranched alkanes of at least 4 members (excludes halogenated alkanes) is 1. The Morgan fingerprint density at radius 3 is 2.68 bits per heavy atom. The van der Waals surface area contributed by atoms with Crippen molar-refractivity contribution in [2.24, 2.45) is 11.8 Å². The van der Waals surface area contributed by atoms with Crippen molar-refractivity contribution in [3.63, 3.8) is 0 Å². The summed E-state index contributed by atoms with van der Waals surface area (Å²) in [5.74, 6) is 0.903. The third-order valence-corrected chi connectivity index (χ3v) is 4.71. The second-order valence-corrected chi connectivity index (χ2v) is 6.96. The van der Waals surface area contributed by atoms with Crippen LogP contribution in [0.25, 0.3) is 0 Å². The summed E-state index contributed by atoms with van der Waals surface area (Å²) < 4.78 is 0. The first-order valence-corrected chi connectivity index (χ1v) is 8.94. The van der Waals surface area contributed by atoms with Gasteiger partial charge >= 0.3 is 0 Å². The Balaban J connectivity index is 2.66. The maximum Gasteiger partial charge on any atom is 0.222 e. The van der Waals surface area contributed by atoms with Crippen molar-refractivity contribution >= 4 is 12.2 Å². The van der Waals surface area contributed by atoms with Crippen LogP contribution in [-0.2, 0) is 9.59 Å². The molecule has 1 aliphatic rings. The van der Waals surface area contributed by atoms with Crippen LogP contribution in [-0.4, -0.2) is 29.7 Å². The zero-order chi connectivity index (χ0) is 16.4. The van der Waals surface area contributed by atoms with E-state index in [1.165, 1.54) is 6.42 Å². The molecule has 22 heavy (non-hydrogen) atoms. The summed E-state index contributed by atoms with van der Waals surface area (Å²) in [7, 11) is 0. The van der Waals surface area contributed by atoms with Gasteiger partial charge in [-0.3, -0.25) is 4.79 Å². The maximum absolute atomic E-state index is 12.4. The highest BCUT2D eigenvalue weighted by molar-refractivity contribution is 5.76. The number of hydrogen-bond donors (Lipinski definition) is 0. The fraction of sp³-hybridized carbons (Fsp3) is 0.789. The van der Waals surface area contributed by atoms with Gasteiger partial charge in [0.05, 0.1) is 0 Å². The molecule has 3 unspecified atom stereocenters. The molecule has 0 spiro atoms. The average Bonchev–Trinajstić information content (AvgIpc) is 2.71. The van der Waals surface area contributed by atoms with E-state index in [4.69, 9.17) is 0 Å². The van der Waals surface area contributed by atoms with Gasteiger partial charge in [0.1, 0.15) is 6.29 Å². The first kappa shape index (κ1) is 18.9. The molecule has 0 aromatic heterocycles. The van der Waals surface area contributed by atoms with Crippen molar-refractivity contribution in [2.45, 2.75) is 77.7 Å². The first-order valence-electron chi connectivity index (χ1n) is 8.94. The van der Waals surface area contributed by atoms with E-state index in [9.17, 15) is 9.59 Å². The van der Waals surface area contributed by atoms with Crippen LogP contribution >= 0.6 is 0 Å². The minimum absolute atomic E-state index is 0.0291. The summed E-state index contributed by atoms with van der Waals surface area (Å²) in [6.45, 7) is 8.87. The molecule has 3 heteroatoms. The molecule has 3 nitrogen and oxygen atoms in total. The fourth-order valence-corrected chi connectivity index (χ4v) is 3.42. The molecule has 3 atom stereocenters. The number of hydrogen-bond acceptors (Lipinski definition) is 2. The van der Waals surface area contributed by atoms with Crippen LogP contribution in [0.4, 0.5) is 0 Å². The smallest absolute Gasteiger partial charge is 0.222 e. The monoisotopic (exact) mass is 307 g/mol. The van der Waals surface area contributed by atoms with Gasteiger partial charge in [-0.2, -0.15) is 0 Å². The third-order valence-electron chi connectivity index (χ3n) is 4.71. The molecule has 1 heterocycles. The van der Waals surface area contributed by atoms with Crippen LogP contribution in [0.15, 0.2) is 12.7 Å². The predicted octanol–water partition coefficient (Wildman–Crippen LogP) is 4.37. The number of nitrogens with zero attached hydrogens (tertiary/aromatic N) is 1. The Hall–Kier alpha value is -1.12. The third kappa shape index (κ3) is 6.76. The number of rotatable bonds is 10. The molecule has 0 aromatic rings. The van der Waals surface area contributed by atoms with E-state index < -0.39 is 0 Å². The average molecular weight is 307 g/mol. The molecule has 0 N–H and O–H groups in total. The van der Waals surface area contributed by atoms with E-state index in [-0.39, 0.29) is 12.0 Å². The lowest BCUT2D eigenvalue weighted by molar-refractivity contribution is -0.134. The number of amides is 1. The summed E-state index contributed by atoms with van der Waals surface area (Å²) >= 11 is 0. The standard InChI is InChI=1S/C19H33NO2/c1-4-5-7-10-16(2)13-18(14-17(3)15-21)20-12-9-6-8-11-19(20)22/h4,15-18H,1,5-14H2,2-3H3. The van der Waals surface area contributed by atoms with Crippen molar-refractivity contribution < 1.29 is 9.59 Å². The molecular formula is C19H33NO2. The zero-order valence-corrected chi connectivity index (χ0v) is 14.4. The second-order valence-electron chi connectivity index (χ2n) is 6.96. The molecule has 0 radical (unpaired) electrons. The Labute approximate surface area is 136 Å². The van der Waals surface area contributed by atoms with E-state index in [2.05, 4.69) is 18.4 Å². The van der Waals surface area contributed by atoms with Crippen LogP contribution in [0.3, 0.4) is 0 Å². The highest BCUT2D eigenvalue weighted by Crippen LogP contribution is 2.25. The van der Waals surface area contributed by atoms with Gasteiger partial charge in [0.2, 0.25) is 5.91 Å². The predicted molar refractivity (Wildman–Crippen MR) is 91.6 cm³/mol. The van der Waals surface area contributed by atoms with E-state index in [1.807, 2.05) is 13.0 Å². The van der Waals surface area contributed by atoms with Gasteiger partial charge < -0.3 is 9.69 Å². The maximum atomic E-state index is 12.4. The number of aldehydes is 1. The first-order chi connectivity index (χ1) is 10.6. The highest BCUT2D eigenvalue weighted by Gasteiger charge is 2.27. The minimum Gasteiger partial charge on any atom is -0.340 e. The zero-order valence-electron chi connectivity index (χ0n) is 14.4. The number of carbonyl (C=O) groups is 2. The van der Waals surface area contributed by atoms with Gasteiger partial charge in [-0.05, 0) is 44.4 Å². The lowest BCUT2D eigenvalue weighted by Gasteiger charge is -2.34. The van der Waals surface area contributed by atoms with E-state index >= 15 is 0 Å². The van der Waals surface area contributed by atoms with Gasteiger partial charge in [-0.1, -0.05) is 32.8 Å². The van der Waals surface area contributed by atoms with Gasteiger partial charge in [0, 0.05) is 24.9 Å². The molecule has 1 fully saturated rings. The molecule has 0 saturated carbocycles. The fourth-order valence-electron chi connectivity index (χ4n) is 3.42. The molecule has 0 bridgehead atoms. The summed E-state index contributed by atoms with van der Waals surface area (Å²) in [6, 6.07) is 0.226. The van der Waals surface area contributed by atoms with Gasteiger partial charge in [0.25, 0.3) is 0 Å². The summed E-state index contributed by atoms with van der Waals surface area (Å²) in [5.41, 5.74) is 0. The van der Waals surface area contributed by atoms with Crippen LogP contribution in [0.1, 0.15) is 71.6 Å². The van der Waals surface area contributed by atoms with Crippen molar-refractivity contribution in [1.82, 2.24) is 4.90 Å². The topological polar surface area (TPSA) is 37.4 Å². The Morgan fingerprint density at radius 1 is 1.23 bits per heavy atom. The summed E-state index contributed by atoms with van der Waals surface area (Å²) in [5, 5.41) is 0. The van der Waals surface area contributed by atoms with Crippen molar-refractivity contribution in [3.05, 3.63) is 12.7 Å². The Morgan fingerprint density at radius 2 is 2.00 bits per heavy atom. The number of likely N-dealkylation sites (tertiary alicyclic amines) is 1. The number of allylic oxidation sites excluding steroid dienone is 1. The molecule has 126 valence electrons. The number of carbonyl (C=O) groups excluding carboxylic acids is 2. The Bertz CT molecular complexity index is 353. The molecular weight excluding hydrogens is 274 g/mol. The summed E-state index contributed by atoms with van der Waals surface area (Å²) in [4.78, 5) is 25.5. The molecule has 1 rings (SSSR count). The van der Waals surface area contributed by atoms with Gasteiger partial charge in [-0.25, -0.2) is 0 Å². The van der Waals surface area contributed by atoms with Crippen molar-refractivity contribution in [2.75, 3.05) is 6.54 Å². The largest absolute Gasteiger partial charge is 0.340 e.